The Balaban J connectivity index is 2.04. The van der Waals surface area contributed by atoms with Gasteiger partial charge < -0.3 is 15.6 Å². The number of aromatic amines is 1. The van der Waals surface area contributed by atoms with E-state index in [4.69, 9.17) is 5.73 Å². The molecule has 16 heavy (non-hydrogen) atoms. The summed E-state index contributed by atoms with van der Waals surface area (Å²) < 4.78 is 0. The molecule has 1 aliphatic rings. The summed E-state index contributed by atoms with van der Waals surface area (Å²) in [5.74, 6) is 0.378. The summed E-state index contributed by atoms with van der Waals surface area (Å²) in [7, 11) is 0. The van der Waals surface area contributed by atoms with Crippen molar-refractivity contribution in [2.24, 2.45) is 11.7 Å². The molecule has 6 heteroatoms. The number of hydrogen-bond donors (Lipinski definition) is 2. The lowest BCUT2D eigenvalue weighted by atomic mass is 9.96. The number of rotatable bonds is 2. The highest BCUT2D eigenvalue weighted by atomic mass is 16.1. The van der Waals surface area contributed by atoms with Crippen molar-refractivity contribution < 1.29 is 4.79 Å². The van der Waals surface area contributed by atoms with Gasteiger partial charge in [0.05, 0.1) is 6.33 Å². The zero-order valence-electron chi connectivity index (χ0n) is 8.85. The smallest absolute Gasteiger partial charge is 0.252 e. The lowest BCUT2D eigenvalue weighted by Crippen LogP contribution is -2.39. The number of aromatic nitrogens is 2. The first kappa shape index (κ1) is 10.7. The molecule has 0 radical (unpaired) electrons. The van der Waals surface area contributed by atoms with Crippen molar-refractivity contribution in [3.8, 4) is 0 Å². The van der Waals surface area contributed by atoms with Crippen LogP contribution in [0.1, 0.15) is 12.8 Å². The molecule has 0 bridgehead atoms. The number of hydrogen-bond acceptors (Lipinski definition) is 4. The molecule has 0 atom stereocenters. The Morgan fingerprint density at radius 1 is 1.50 bits per heavy atom. The summed E-state index contributed by atoms with van der Waals surface area (Å²) in [4.78, 5) is 30.6. The molecular weight excluding hydrogens is 208 g/mol. The molecule has 2 rings (SSSR count). The molecule has 0 spiro atoms. The van der Waals surface area contributed by atoms with Crippen molar-refractivity contribution in [3.05, 3.63) is 22.7 Å². The summed E-state index contributed by atoms with van der Waals surface area (Å²) in [5.41, 5.74) is 5.08. The molecule has 1 fully saturated rings. The van der Waals surface area contributed by atoms with Crippen molar-refractivity contribution >= 4 is 11.7 Å². The third kappa shape index (κ3) is 2.21. The summed E-state index contributed by atoms with van der Waals surface area (Å²) in [6, 6.07) is 1.46. The van der Waals surface area contributed by atoms with E-state index in [2.05, 4.69) is 9.97 Å². The Kier molecular flexibility index (Phi) is 2.89. The molecule has 0 saturated carbocycles. The predicted octanol–water partition coefficient (Wildman–Crippen LogP) is -0.528. The standard InChI is InChI=1S/C10H14N4O2/c11-10(16)7-1-3-14(4-2-7)8-5-9(15)13-6-12-8/h5-7H,1-4H2,(H2,11,16)(H,12,13,15). The van der Waals surface area contributed by atoms with Crippen LogP contribution in [-0.4, -0.2) is 29.0 Å². The first-order chi connectivity index (χ1) is 7.66. The van der Waals surface area contributed by atoms with Gasteiger partial charge in [0.1, 0.15) is 5.82 Å². The molecule has 86 valence electrons. The van der Waals surface area contributed by atoms with E-state index in [0.717, 1.165) is 12.8 Å². The maximum atomic E-state index is 11.1. The third-order valence-electron chi connectivity index (χ3n) is 2.89. The lowest BCUT2D eigenvalue weighted by Gasteiger charge is -2.31. The van der Waals surface area contributed by atoms with Gasteiger partial charge in [0.15, 0.2) is 0 Å². The zero-order valence-corrected chi connectivity index (χ0v) is 8.85. The summed E-state index contributed by atoms with van der Waals surface area (Å²) in [6.07, 6.45) is 2.84. The number of nitrogens with two attached hydrogens (primary N) is 1. The van der Waals surface area contributed by atoms with Gasteiger partial charge in [-0.1, -0.05) is 0 Å². The van der Waals surface area contributed by atoms with Gasteiger partial charge in [-0.05, 0) is 12.8 Å². The quantitative estimate of drug-likeness (QED) is 0.703. The molecule has 0 unspecified atom stereocenters. The van der Waals surface area contributed by atoms with Crippen LogP contribution < -0.4 is 16.2 Å². The lowest BCUT2D eigenvalue weighted by molar-refractivity contribution is -0.122. The SMILES string of the molecule is NC(=O)C1CCN(c2cc(=O)[nH]cn2)CC1. The Labute approximate surface area is 92.5 Å². The largest absolute Gasteiger partial charge is 0.369 e. The number of H-pyrrole nitrogens is 1. The van der Waals surface area contributed by atoms with Gasteiger partial charge in [0, 0.05) is 25.1 Å². The number of nitrogens with zero attached hydrogens (tertiary/aromatic N) is 2. The highest BCUT2D eigenvalue weighted by molar-refractivity contribution is 5.76. The van der Waals surface area contributed by atoms with Crippen LogP contribution in [0.5, 0.6) is 0 Å². The second kappa shape index (κ2) is 4.34. The van der Waals surface area contributed by atoms with Crippen LogP contribution in [0.15, 0.2) is 17.2 Å². The van der Waals surface area contributed by atoms with Crippen molar-refractivity contribution in [3.63, 3.8) is 0 Å². The van der Waals surface area contributed by atoms with Crippen molar-refractivity contribution in [2.45, 2.75) is 12.8 Å². The minimum absolute atomic E-state index is 0.0433. The van der Waals surface area contributed by atoms with Crippen molar-refractivity contribution in [1.82, 2.24) is 9.97 Å². The van der Waals surface area contributed by atoms with Gasteiger partial charge in [0.25, 0.3) is 5.56 Å². The number of anilines is 1. The van der Waals surface area contributed by atoms with E-state index in [1.54, 1.807) is 0 Å². The molecule has 3 N–H and O–H groups in total. The Morgan fingerprint density at radius 2 is 2.19 bits per heavy atom. The molecule has 1 amide bonds. The first-order valence-corrected chi connectivity index (χ1v) is 5.26. The molecule has 6 nitrogen and oxygen atoms in total. The van der Waals surface area contributed by atoms with Crippen LogP contribution in [0.25, 0.3) is 0 Å². The van der Waals surface area contributed by atoms with Crippen LogP contribution in [-0.2, 0) is 4.79 Å². The van der Waals surface area contributed by atoms with Gasteiger partial charge in [-0.2, -0.15) is 0 Å². The van der Waals surface area contributed by atoms with Crippen molar-refractivity contribution in [2.75, 3.05) is 18.0 Å². The zero-order chi connectivity index (χ0) is 11.5. The fourth-order valence-electron chi connectivity index (χ4n) is 1.92. The predicted molar refractivity (Wildman–Crippen MR) is 59.0 cm³/mol. The molecule has 1 aliphatic heterocycles. The average molecular weight is 222 g/mol. The van der Waals surface area contributed by atoms with Crippen LogP contribution in [0.3, 0.4) is 0 Å². The molecule has 1 aromatic heterocycles. The number of carbonyl (C=O) groups is 1. The summed E-state index contributed by atoms with van der Waals surface area (Å²) in [5, 5.41) is 0. The highest BCUT2D eigenvalue weighted by Crippen LogP contribution is 2.20. The van der Waals surface area contributed by atoms with E-state index in [1.165, 1.54) is 12.4 Å². The van der Waals surface area contributed by atoms with Crippen molar-refractivity contribution in [1.29, 1.82) is 0 Å². The molecule has 2 heterocycles. The van der Waals surface area contributed by atoms with Gasteiger partial charge in [-0.3, -0.25) is 9.59 Å². The Morgan fingerprint density at radius 3 is 2.75 bits per heavy atom. The second-order valence-electron chi connectivity index (χ2n) is 3.93. The van der Waals surface area contributed by atoms with E-state index >= 15 is 0 Å². The minimum atomic E-state index is -0.237. The molecule has 1 aromatic rings. The number of nitrogens with one attached hydrogen (secondary N) is 1. The fraction of sp³-hybridized carbons (Fsp3) is 0.500. The van der Waals surface area contributed by atoms with Crippen LogP contribution >= 0.6 is 0 Å². The van der Waals surface area contributed by atoms with E-state index in [1.807, 2.05) is 4.90 Å². The number of primary amides is 1. The van der Waals surface area contributed by atoms with Crippen LogP contribution in [0, 0.1) is 5.92 Å². The Hall–Kier alpha value is -1.85. The minimum Gasteiger partial charge on any atom is -0.369 e. The molecule has 1 saturated heterocycles. The van der Waals surface area contributed by atoms with Crippen LogP contribution in [0.2, 0.25) is 0 Å². The molecule has 0 aliphatic carbocycles. The second-order valence-corrected chi connectivity index (χ2v) is 3.93. The van der Waals surface area contributed by atoms with Crippen LogP contribution in [0.4, 0.5) is 5.82 Å². The first-order valence-electron chi connectivity index (χ1n) is 5.26. The van der Waals surface area contributed by atoms with E-state index < -0.39 is 0 Å². The maximum absolute atomic E-state index is 11.1. The maximum Gasteiger partial charge on any atom is 0.252 e. The number of piperidine rings is 1. The van der Waals surface area contributed by atoms with Gasteiger partial charge in [-0.25, -0.2) is 4.98 Å². The third-order valence-corrected chi connectivity index (χ3v) is 2.89. The van der Waals surface area contributed by atoms with E-state index in [9.17, 15) is 9.59 Å². The highest BCUT2D eigenvalue weighted by Gasteiger charge is 2.23. The van der Waals surface area contributed by atoms with E-state index in [0.29, 0.717) is 18.9 Å². The molecular formula is C10H14N4O2. The Bertz CT molecular complexity index is 434. The van der Waals surface area contributed by atoms with Gasteiger partial charge in [0.2, 0.25) is 5.91 Å². The molecule has 0 aromatic carbocycles. The number of carbonyl (C=O) groups excluding carboxylic acids is 1. The monoisotopic (exact) mass is 222 g/mol. The topological polar surface area (TPSA) is 92.1 Å². The van der Waals surface area contributed by atoms with Gasteiger partial charge in [-0.15, -0.1) is 0 Å². The summed E-state index contributed by atoms with van der Waals surface area (Å²) >= 11 is 0. The van der Waals surface area contributed by atoms with Gasteiger partial charge >= 0.3 is 0 Å². The average Bonchev–Trinajstić information content (AvgIpc) is 2.29. The normalized spacial score (nSPS) is 17.4. The summed E-state index contributed by atoms with van der Waals surface area (Å²) in [6.45, 7) is 1.42. The number of amides is 1. The fourth-order valence-corrected chi connectivity index (χ4v) is 1.92. The van der Waals surface area contributed by atoms with E-state index in [-0.39, 0.29) is 17.4 Å².